The van der Waals surface area contributed by atoms with Crippen LogP contribution in [0.3, 0.4) is 0 Å². The Labute approximate surface area is 94.8 Å². The molecule has 0 aliphatic heterocycles. The number of aromatic nitrogens is 2. The third-order valence-corrected chi connectivity index (χ3v) is 2.49. The fourth-order valence-electron chi connectivity index (χ4n) is 1.29. The summed E-state index contributed by atoms with van der Waals surface area (Å²) < 4.78 is 15.8. The summed E-state index contributed by atoms with van der Waals surface area (Å²) in [6.45, 7) is 0.385. The topological polar surface area (TPSA) is 43.8 Å². The molecule has 2 aromatic rings. The molecule has 1 aromatic carbocycles. The minimum absolute atomic E-state index is 0.251. The quantitative estimate of drug-likeness (QED) is 0.910. The van der Waals surface area contributed by atoms with Gasteiger partial charge in [-0.1, -0.05) is 22.0 Å². The number of benzene rings is 1. The summed E-state index contributed by atoms with van der Waals surface area (Å²) in [4.78, 5) is 0. The Bertz CT molecular complexity index is 481. The van der Waals surface area contributed by atoms with Gasteiger partial charge in [-0.2, -0.15) is 5.10 Å². The molecule has 0 fully saturated rings. The summed E-state index contributed by atoms with van der Waals surface area (Å²) in [5.41, 5.74) is 6.67. The summed E-state index contributed by atoms with van der Waals surface area (Å²) in [6, 6.07) is 4.95. The van der Waals surface area contributed by atoms with Crippen LogP contribution in [0.25, 0.3) is 0 Å². The van der Waals surface area contributed by atoms with E-state index in [0.717, 1.165) is 4.47 Å². The number of halogens is 2. The van der Waals surface area contributed by atoms with Crippen LogP contribution in [-0.4, -0.2) is 9.78 Å². The second kappa shape index (κ2) is 4.02. The maximum Gasteiger partial charge on any atom is 0.129 e. The van der Waals surface area contributed by atoms with Gasteiger partial charge in [0, 0.05) is 16.2 Å². The first-order valence-corrected chi connectivity index (χ1v) is 5.16. The lowest BCUT2D eigenvalue weighted by molar-refractivity contribution is 0.584. The summed E-state index contributed by atoms with van der Waals surface area (Å²) in [6.07, 6.45) is 3.21. The van der Waals surface area contributed by atoms with E-state index in [1.807, 2.05) is 0 Å². The Kier molecular flexibility index (Phi) is 2.73. The van der Waals surface area contributed by atoms with Gasteiger partial charge in [-0.15, -0.1) is 0 Å². The van der Waals surface area contributed by atoms with E-state index in [1.165, 1.54) is 12.3 Å². The van der Waals surface area contributed by atoms with Gasteiger partial charge in [0.25, 0.3) is 0 Å². The molecule has 0 atom stereocenters. The zero-order valence-corrected chi connectivity index (χ0v) is 9.41. The molecule has 0 aliphatic rings. The fourth-order valence-corrected chi connectivity index (χ4v) is 1.62. The smallest absolute Gasteiger partial charge is 0.129 e. The number of rotatable bonds is 2. The Morgan fingerprint density at radius 1 is 1.47 bits per heavy atom. The predicted molar refractivity (Wildman–Crippen MR) is 59.8 cm³/mol. The van der Waals surface area contributed by atoms with Crippen molar-refractivity contribution in [3.8, 4) is 0 Å². The van der Waals surface area contributed by atoms with Gasteiger partial charge in [-0.25, -0.2) is 4.39 Å². The predicted octanol–water partition coefficient (Wildman–Crippen LogP) is 2.42. The highest BCUT2D eigenvalue weighted by Crippen LogP contribution is 2.16. The summed E-state index contributed by atoms with van der Waals surface area (Å²) >= 11 is 3.20. The van der Waals surface area contributed by atoms with Crippen LogP contribution in [0.2, 0.25) is 0 Å². The highest BCUT2D eigenvalue weighted by Gasteiger charge is 2.04. The van der Waals surface area contributed by atoms with Crippen molar-refractivity contribution < 1.29 is 4.39 Å². The molecule has 0 amide bonds. The van der Waals surface area contributed by atoms with Gasteiger partial charge in [0.15, 0.2) is 0 Å². The molecule has 0 unspecified atom stereocenters. The van der Waals surface area contributed by atoms with E-state index < -0.39 is 0 Å². The number of hydrogen-bond donors (Lipinski definition) is 1. The van der Waals surface area contributed by atoms with Gasteiger partial charge in [-0.3, -0.25) is 4.68 Å². The molecule has 15 heavy (non-hydrogen) atoms. The van der Waals surface area contributed by atoms with Crippen LogP contribution >= 0.6 is 15.9 Å². The number of hydrogen-bond acceptors (Lipinski definition) is 2. The van der Waals surface area contributed by atoms with E-state index in [2.05, 4.69) is 21.0 Å². The normalized spacial score (nSPS) is 10.5. The van der Waals surface area contributed by atoms with Crippen molar-refractivity contribution in [2.45, 2.75) is 6.54 Å². The number of nitrogens with two attached hydrogens (primary N) is 1. The minimum atomic E-state index is -0.251. The van der Waals surface area contributed by atoms with E-state index in [0.29, 0.717) is 17.8 Å². The SMILES string of the molecule is Nc1cnn(Cc2ccc(Br)cc2F)c1. The van der Waals surface area contributed by atoms with Crippen molar-refractivity contribution in [2.75, 3.05) is 5.73 Å². The molecule has 0 aliphatic carbocycles. The molecule has 1 aromatic heterocycles. The van der Waals surface area contributed by atoms with E-state index in [-0.39, 0.29) is 5.82 Å². The van der Waals surface area contributed by atoms with Crippen LogP contribution in [0.1, 0.15) is 5.56 Å². The minimum Gasteiger partial charge on any atom is -0.396 e. The molecule has 78 valence electrons. The first kappa shape index (κ1) is 10.2. The lowest BCUT2D eigenvalue weighted by Gasteiger charge is -2.03. The third kappa shape index (κ3) is 2.36. The molecular formula is C10H9BrFN3. The van der Waals surface area contributed by atoms with Crippen LogP contribution < -0.4 is 5.73 Å². The zero-order valence-electron chi connectivity index (χ0n) is 7.82. The van der Waals surface area contributed by atoms with Gasteiger partial charge in [0.05, 0.1) is 18.4 Å². The van der Waals surface area contributed by atoms with Crippen molar-refractivity contribution in [3.05, 3.63) is 46.4 Å². The maximum absolute atomic E-state index is 13.4. The van der Waals surface area contributed by atoms with E-state index >= 15 is 0 Å². The molecule has 0 radical (unpaired) electrons. The summed E-state index contributed by atoms with van der Waals surface area (Å²) in [5.74, 6) is -0.251. The van der Waals surface area contributed by atoms with Crippen LogP contribution in [0.15, 0.2) is 35.1 Å². The molecule has 0 spiro atoms. The fraction of sp³-hybridized carbons (Fsp3) is 0.100. The van der Waals surface area contributed by atoms with E-state index in [1.54, 1.807) is 23.0 Å². The standard InChI is InChI=1S/C10H9BrFN3/c11-8-2-1-7(10(12)3-8)5-15-6-9(13)4-14-15/h1-4,6H,5,13H2. The largest absolute Gasteiger partial charge is 0.396 e. The van der Waals surface area contributed by atoms with Crippen molar-refractivity contribution in [2.24, 2.45) is 0 Å². The first-order valence-electron chi connectivity index (χ1n) is 4.37. The van der Waals surface area contributed by atoms with Crippen molar-refractivity contribution >= 4 is 21.6 Å². The van der Waals surface area contributed by atoms with Crippen LogP contribution in [-0.2, 0) is 6.54 Å². The second-order valence-electron chi connectivity index (χ2n) is 3.21. The van der Waals surface area contributed by atoms with E-state index in [4.69, 9.17) is 5.73 Å². The molecule has 2 rings (SSSR count). The monoisotopic (exact) mass is 269 g/mol. The third-order valence-electron chi connectivity index (χ3n) is 2.00. The maximum atomic E-state index is 13.4. The molecule has 2 N–H and O–H groups in total. The Hall–Kier alpha value is -1.36. The van der Waals surface area contributed by atoms with E-state index in [9.17, 15) is 4.39 Å². The van der Waals surface area contributed by atoms with Crippen molar-refractivity contribution in [3.63, 3.8) is 0 Å². The van der Waals surface area contributed by atoms with Crippen molar-refractivity contribution in [1.82, 2.24) is 9.78 Å². The van der Waals surface area contributed by atoms with Crippen molar-refractivity contribution in [1.29, 1.82) is 0 Å². The first-order chi connectivity index (χ1) is 7.15. The Morgan fingerprint density at radius 2 is 2.27 bits per heavy atom. The molecular weight excluding hydrogens is 261 g/mol. The molecule has 0 saturated carbocycles. The Morgan fingerprint density at radius 3 is 2.87 bits per heavy atom. The average Bonchev–Trinajstić information content (AvgIpc) is 2.56. The van der Waals surface area contributed by atoms with Crippen LogP contribution in [0.5, 0.6) is 0 Å². The molecule has 0 saturated heterocycles. The lowest BCUT2D eigenvalue weighted by Crippen LogP contribution is -2.02. The van der Waals surface area contributed by atoms with Gasteiger partial charge in [-0.05, 0) is 12.1 Å². The van der Waals surface area contributed by atoms with Crippen LogP contribution in [0.4, 0.5) is 10.1 Å². The molecule has 3 nitrogen and oxygen atoms in total. The van der Waals surface area contributed by atoms with Gasteiger partial charge >= 0.3 is 0 Å². The number of anilines is 1. The Balaban J connectivity index is 2.24. The highest BCUT2D eigenvalue weighted by atomic mass is 79.9. The van der Waals surface area contributed by atoms with Gasteiger partial charge in [0.2, 0.25) is 0 Å². The van der Waals surface area contributed by atoms with Gasteiger partial charge in [0.1, 0.15) is 5.82 Å². The molecule has 5 heteroatoms. The molecule has 1 heterocycles. The zero-order chi connectivity index (χ0) is 10.8. The molecule has 0 bridgehead atoms. The lowest BCUT2D eigenvalue weighted by atomic mass is 10.2. The summed E-state index contributed by atoms with van der Waals surface area (Å²) in [5, 5.41) is 3.99. The highest BCUT2D eigenvalue weighted by molar-refractivity contribution is 9.10. The number of nitrogens with zero attached hydrogens (tertiary/aromatic N) is 2. The average molecular weight is 270 g/mol. The number of nitrogen functional groups attached to an aromatic ring is 1. The second-order valence-corrected chi connectivity index (χ2v) is 4.12. The van der Waals surface area contributed by atoms with Gasteiger partial charge < -0.3 is 5.73 Å². The summed E-state index contributed by atoms with van der Waals surface area (Å²) in [7, 11) is 0. The van der Waals surface area contributed by atoms with Crippen LogP contribution in [0, 0.1) is 5.82 Å².